The molecular weight excluding hydrogens is 254 g/mol. The fourth-order valence-electron chi connectivity index (χ4n) is 2.10. The number of nitrogens with one attached hydrogen (secondary N) is 1. The topological polar surface area (TPSA) is 69.4 Å². The molecule has 0 aliphatic carbocycles. The zero-order valence-electron chi connectivity index (χ0n) is 11.7. The van der Waals surface area contributed by atoms with E-state index in [1.165, 1.54) is 0 Å². The Morgan fingerprint density at radius 3 is 2.60 bits per heavy atom. The highest BCUT2D eigenvalue weighted by Gasteiger charge is 2.12. The van der Waals surface area contributed by atoms with Crippen molar-refractivity contribution in [3.05, 3.63) is 53.9 Å². The van der Waals surface area contributed by atoms with Crippen LogP contribution in [0.3, 0.4) is 0 Å². The SMILES string of the molecule is COc1ccc(CC(NN)c2cccnc2)cc1OC. The molecule has 2 aromatic rings. The second-order valence-electron chi connectivity index (χ2n) is 4.40. The first-order valence-electron chi connectivity index (χ1n) is 6.35. The van der Waals surface area contributed by atoms with Crippen molar-refractivity contribution in [3.8, 4) is 11.5 Å². The number of nitrogens with two attached hydrogens (primary N) is 1. The van der Waals surface area contributed by atoms with Crippen molar-refractivity contribution < 1.29 is 9.47 Å². The van der Waals surface area contributed by atoms with Gasteiger partial charge in [0.15, 0.2) is 11.5 Å². The fourth-order valence-corrected chi connectivity index (χ4v) is 2.10. The van der Waals surface area contributed by atoms with Gasteiger partial charge in [-0.25, -0.2) is 0 Å². The monoisotopic (exact) mass is 273 g/mol. The van der Waals surface area contributed by atoms with Crippen LogP contribution in [0.25, 0.3) is 0 Å². The number of ether oxygens (including phenoxy) is 2. The van der Waals surface area contributed by atoms with Gasteiger partial charge in [0.25, 0.3) is 0 Å². The van der Waals surface area contributed by atoms with Crippen LogP contribution < -0.4 is 20.7 Å². The summed E-state index contributed by atoms with van der Waals surface area (Å²) in [6.45, 7) is 0. The van der Waals surface area contributed by atoms with Crippen molar-refractivity contribution in [3.63, 3.8) is 0 Å². The van der Waals surface area contributed by atoms with E-state index in [1.54, 1.807) is 20.4 Å². The van der Waals surface area contributed by atoms with E-state index in [0.717, 1.165) is 23.3 Å². The van der Waals surface area contributed by atoms with Crippen molar-refractivity contribution in [2.24, 2.45) is 5.84 Å². The lowest BCUT2D eigenvalue weighted by atomic mass is 10.0. The van der Waals surface area contributed by atoms with Crippen LogP contribution in [-0.2, 0) is 6.42 Å². The smallest absolute Gasteiger partial charge is 0.160 e. The lowest BCUT2D eigenvalue weighted by Gasteiger charge is -2.17. The Balaban J connectivity index is 2.20. The second-order valence-corrected chi connectivity index (χ2v) is 4.40. The molecule has 106 valence electrons. The number of hydrazine groups is 1. The van der Waals surface area contributed by atoms with E-state index >= 15 is 0 Å². The van der Waals surface area contributed by atoms with Gasteiger partial charge in [0.2, 0.25) is 0 Å². The highest BCUT2D eigenvalue weighted by atomic mass is 16.5. The molecule has 1 heterocycles. The van der Waals surface area contributed by atoms with Crippen molar-refractivity contribution >= 4 is 0 Å². The Labute approximate surface area is 118 Å². The number of methoxy groups -OCH3 is 2. The molecule has 5 nitrogen and oxygen atoms in total. The van der Waals surface area contributed by atoms with Gasteiger partial charge in [-0.2, -0.15) is 0 Å². The van der Waals surface area contributed by atoms with Crippen LogP contribution in [0.4, 0.5) is 0 Å². The predicted molar refractivity (Wildman–Crippen MR) is 77.6 cm³/mol. The Morgan fingerprint density at radius 1 is 1.20 bits per heavy atom. The molecule has 0 saturated carbocycles. The summed E-state index contributed by atoms with van der Waals surface area (Å²) in [5.41, 5.74) is 4.97. The zero-order chi connectivity index (χ0) is 14.4. The molecule has 1 aromatic carbocycles. The molecule has 1 aromatic heterocycles. The van der Waals surface area contributed by atoms with E-state index < -0.39 is 0 Å². The largest absolute Gasteiger partial charge is 0.493 e. The third kappa shape index (κ3) is 3.26. The molecular formula is C15H19N3O2. The van der Waals surface area contributed by atoms with Crippen molar-refractivity contribution in [1.82, 2.24) is 10.4 Å². The number of benzene rings is 1. The van der Waals surface area contributed by atoms with E-state index in [4.69, 9.17) is 15.3 Å². The number of rotatable bonds is 6. The first-order chi connectivity index (χ1) is 9.78. The van der Waals surface area contributed by atoms with Gasteiger partial charge in [-0.3, -0.25) is 16.3 Å². The summed E-state index contributed by atoms with van der Waals surface area (Å²) in [5.74, 6) is 7.08. The summed E-state index contributed by atoms with van der Waals surface area (Å²) in [5, 5.41) is 0. The van der Waals surface area contributed by atoms with Crippen LogP contribution in [0.2, 0.25) is 0 Å². The molecule has 20 heavy (non-hydrogen) atoms. The van der Waals surface area contributed by atoms with Gasteiger partial charge in [0.05, 0.1) is 20.3 Å². The number of pyridine rings is 1. The standard InChI is InChI=1S/C15H19N3O2/c1-19-14-6-5-11(9-15(14)20-2)8-13(18-16)12-4-3-7-17-10-12/h3-7,9-10,13,18H,8,16H2,1-2H3. The molecule has 1 unspecified atom stereocenters. The van der Waals surface area contributed by atoms with Crippen LogP contribution in [-0.4, -0.2) is 19.2 Å². The van der Waals surface area contributed by atoms with Gasteiger partial charge in [0, 0.05) is 12.4 Å². The summed E-state index contributed by atoms with van der Waals surface area (Å²) in [7, 11) is 3.25. The van der Waals surface area contributed by atoms with Crippen molar-refractivity contribution in [2.45, 2.75) is 12.5 Å². The van der Waals surface area contributed by atoms with E-state index in [2.05, 4.69) is 10.4 Å². The molecule has 0 bridgehead atoms. The van der Waals surface area contributed by atoms with Gasteiger partial charge < -0.3 is 9.47 Å². The number of hydrogen-bond acceptors (Lipinski definition) is 5. The zero-order valence-corrected chi connectivity index (χ0v) is 11.7. The first-order valence-corrected chi connectivity index (χ1v) is 6.35. The quantitative estimate of drug-likeness (QED) is 0.621. The summed E-state index contributed by atoms with van der Waals surface area (Å²) in [6.07, 6.45) is 4.29. The van der Waals surface area contributed by atoms with E-state index in [9.17, 15) is 0 Å². The lowest BCUT2D eigenvalue weighted by molar-refractivity contribution is 0.354. The highest BCUT2D eigenvalue weighted by molar-refractivity contribution is 5.43. The minimum absolute atomic E-state index is 0.00167. The van der Waals surface area contributed by atoms with Crippen LogP contribution >= 0.6 is 0 Å². The number of hydrogen-bond donors (Lipinski definition) is 2. The molecule has 2 rings (SSSR count). The average molecular weight is 273 g/mol. The van der Waals surface area contributed by atoms with Crippen LogP contribution in [0.1, 0.15) is 17.2 Å². The van der Waals surface area contributed by atoms with Gasteiger partial charge in [-0.1, -0.05) is 12.1 Å². The first kappa shape index (κ1) is 14.3. The Bertz CT molecular complexity index is 546. The minimum atomic E-state index is 0.00167. The molecule has 0 saturated heterocycles. The maximum Gasteiger partial charge on any atom is 0.160 e. The second kappa shape index (κ2) is 6.88. The third-order valence-corrected chi connectivity index (χ3v) is 3.18. The molecule has 0 amide bonds. The van der Waals surface area contributed by atoms with E-state index in [0.29, 0.717) is 5.75 Å². The molecule has 1 atom stereocenters. The maximum atomic E-state index is 5.65. The Kier molecular flexibility index (Phi) is 4.92. The van der Waals surface area contributed by atoms with Gasteiger partial charge in [0.1, 0.15) is 0 Å². The molecule has 0 spiro atoms. The summed E-state index contributed by atoms with van der Waals surface area (Å²) in [4.78, 5) is 4.12. The summed E-state index contributed by atoms with van der Waals surface area (Å²) >= 11 is 0. The van der Waals surface area contributed by atoms with Gasteiger partial charge in [-0.05, 0) is 35.7 Å². The van der Waals surface area contributed by atoms with E-state index in [1.807, 2.05) is 36.5 Å². The Morgan fingerprint density at radius 2 is 2.00 bits per heavy atom. The molecule has 0 fully saturated rings. The molecule has 0 aliphatic rings. The van der Waals surface area contributed by atoms with E-state index in [-0.39, 0.29) is 6.04 Å². The lowest BCUT2D eigenvalue weighted by Crippen LogP contribution is -2.29. The molecule has 0 radical (unpaired) electrons. The van der Waals surface area contributed by atoms with Gasteiger partial charge in [-0.15, -0.1) is 0 Å². The normalized spacial score (nSPS) is 11.9. The highest BCUT2D eigenvalue weighted by Crippen LogP contribution is 2.29. The van der Waals surface area contributed by atoms with Crippen molar-refractivity contribution in [1.29, 1.82) is 0 Å². The molecule has 0 aliphatic heterocycles. The minimum Gasteiger partial charge on any atom is -0.493 e. The number of aromatic nitrogens is 1. The average Bonchev–Trinajstić information content (AvgIpc) is 2.53. The van der Waals surface area contributed by atoms with Gasteiger partial charge >= 0.3 is 0 Å². The Hall–Kier alpha value is -2.11. The fraction of sp³-hybridized carbons (Fsp3) is 0.267. The van der Waals surface area contributed by atoms with Crippen LogP contribution in [0, 0.1) is 0 Å². The summed E-state index contributed by atoms with van der Waals surface area (Å²) in [6, 6.07) is 9.75. The van der Waals surface area contributed by atoms with Crippen molar-refractivity contribution in [2.75, 3.05) is 14.2 Å². The maximum absolute atomic E-state index is 5.65. The number of nitrogens with zero attached hydrogens (tertiary/aromatic N) is 1. The molecule has 5 heteroatoms. The third-order valence-electron chi connectivity index (χ3n) is 3.18. The summed E-state index contributed by atoms with van der Waals surface area (Å²) < 4.78 is 10.5. The van der Waals surface area contributed by atoms with Crippen LogP contribution in [0.15, 0.2) is 42.7 Å². The predicted octanol–water partition coefficient (Wildman–Crippen LogP) is 1.85. The van der Waals surface area contributed by atoms with Crippen LogP contribution in [0.5, 0.6) is 11.5 Å². The molecule has 3 N–H and O–H groups in total.